The maximum Gasteiger partial charge on any atom is 0.313 e. The number of H-pyrrole nitrogens is 1. The molecule has 0 saturated carbocycles. The van der Waals surface area contributed by atoms with Crippen molar-refractivity contribution in [1.29, 1.82) is 0 Å². The van der Waals surface area contributed by atoms with Crippen LogP contribution in [0, 0.1) is 11.8 Å². The van der Waals surface area contributed by atoms with Crippen LogP contribution in [0.15, 0.2) is 41.6 Å². The summed E-state index contributed by atoms with van der Waals surface area (Å²) in [6.45, 7) is 0. The number of hydrogen-bond acceptors (Lipinski definition) is 4. The second-order valence-electron chi connectivity index (χ2n) is 5.06. The fourth-order valence-electron chi connectivity index (χ4n) is 2.14. The van der Waals surface area contributed by atoms with Crippen LogP contribution in [0.5, 0.6) is 5.75 Å². The minimum absolute atomic E-state index is 0.0595. The van der Waals surface area contributed by atoms with Crippen molar-refractivity contribution < 1.29 is 14.6 Å². The number of benzene rings is 2. The highest BCUT2D eigenvalue weighted by Gasteiger charge is 2.08. The number of carboxylic acids is 1. The number of hydrogen-bond donors (Lipinski definition) is 2. The number of nitrogens with one attached hydrogen (secondary N) is 1. The molecule has 0 aliphatic carbocycles. The molecular weight excluding hydrogens is 360 g/mol. The summed E-state index contributed by atoms with van der Waals surface area (Å²) in [4.78, 5) is 18.1. The average molecular weight is 373 g/mol. The summed E-state index contributed by atoms with van der Waals surface area (Å²) in [6, 6.07) is 11.0. The minimum Gasteiger partial charge on any atom is -0.497 e. The van der Waals surface area contributed by atoms with Crippen LogP contribution in [-0.4, -0.2) is 33.9 Å². The summed E-state index contributed by atoms with van der Waals surface area (Å²) < 4.78 is 5.18. The first-order valence-electron chi connectivity index (χ1n) is 7.25. The number of aromatic nitrogens is 2. The van der Waals surface area contributed by atoms with Gasteiger partial charge in [-0.05, 0) is 30.3 Å². The highest BCUT2D eigenvalue weighted by atomic mass is 35.5. The molecule has 7 heteroatoms. The molecule has 0 fully saturated rings. The number of carbonyl (C=O) groups is 1. The SMILES string of the molecule is COc1cccc(C#Cc2cc3nc(SCC(=O)O)[nH]c3cc2Cl)c1. The first-order chi connectivity index (χ1) is 12.0. The number of fused-ring (bicyclic) bond motifs is 1. The zero-order valence-corrected chi connectivity index (χ0v) is 14.7. The van der Waals surface area contributed by atoms with Crippen molar-refractivity contribution in [3.63, 3.8) is 0 Å². The molecular formula is C18H13ClN2O3S. The van der Waals surface area contributed by atoms with E-state index in [1.54, 1.807) is 19.2 Å². The van der Waals surface area contributed by atoms with Gasteiger partial charge in [-0.1, -0.05) is 41.3 Å². The maximum absolute atomic E-state index is 10.7. The van der Waals surface area contributed by atoms with Crippen molar-refractivity contribution in [2.75, 3.05) is 12.9 Å². The van der Waals surface area contributed by atoms with Crippen LogP contribution >= 0.6 is 23.4 Å². The molecule has 0 amide bonds. The normalized spacial score (nSPS) is 10.3. The van der Waals surface area contributed by atoms with E-state index in [0.717, 1.165) is 28.6 Å². The van der Waals surface area contributed by atoms with Crippen LogP contribution < -0.4 is 4.74 Å². The first kappa shape index (κ1) is 17.2. The van der Waals surface area contributed by atoms with Gasteiger partial charge in [0.05, 0.1) is 28.9 Å². The number of aromatic amines is 1. The summed E-state index contributed by atoms with van der Waals surface area (Å²) in [5, 5.41) is 9.78. The molecule has 5 nitrogen and oxygen atoms in total. The van der Waals surface area contributed by atoms with Gasteiger partial charge in [-0.3, -0.25) is 4.79 Å². The molecule has 0 spiro atoms. The fourth-order valence-corrected chi connectivity index (χ4v) is 2.96. The van der Waals surface area contributed by atoms with Gasteiger partial charge in [0.1, 0.15) is 5.75 Å². The largest absolute Gasteiger partial charge is 0.497 e. The third-order valence-electron chi connectivity index (χ3n) is 3.29. The van der Waals surface area contributed by atoms with Gasteiger partial charge in [0, 0.05) is 11.1 Å². The fraction of sp³-hybridized carbons (Fsp3) is 0.111. The van der Waals surface area contributed by atoms with Crippen molar-refractivity contribution >= 4 is 40.4 Å². The Bertz CT molecular complexity index is 1000. The monoisotopic (exact) mass is 372 g/mol. The highest BCUT2D eigenvalue weighted by Crippen LogP contribution is 2.25. The quantitative estimate of drug-likeness (QED) is 0.538. The number of imidazole rings is 1. The van der Waals surface area contributed by atoms with E-state index in [4.69, 9.17) is 21.4 Å². The van der Waals surface area contributed by atoms with Gasteiger partial charge in [-0.25, -0.2) is 4.98 Å². The standard InChI is InChI=1S/C18H13ClN2O3S/c1-24-13-4-2-3-11(7-13)5-6-12-8-15-16(9-14(12)19)21-18(20-15)25-10-17(22)23/h2-4,7-9H,10H2,1H3,(H,20,21)(H,22,23). The Balaban J connectivity index is 1.90. The Morgan fingerprint density at radius 2 is 2.20 bits per heavy atom. The third-order valence-corrected chi connectivity index (χ3v) is 4.46. The molecule has 0 atom stereocenters. The smallest absolute Gasteiger partial charge is 0.313 e. The Morgan fingerprint density at radius 1 is 1.36 bits per heavy atom. The Morgan fingerprint density at radius 3 is 2.96 bits per heavy atom. The molecule has 0 radical (unpaired) electrons. The summed E-state index contributed by atoms with van der Waals surface area (Å²) in [6.07, 6.45) is 0. The molecule has 3 aromatic rings. The lowest BCUT2D eigenvalue weighted by atomic mass is 10.1. The molecule has 126 valence electrons. The van der Waals surface area contributed by atoms with Crippen LogP contribution in [0.25, 0.3) is 11.0 Å². The summed E-state index contributed by atoms with van der Waals surface area (Å²) in [7, 11) is 1.61. The third kappa shape index (κ3) is 4.27. The molecule has 2 N–H and O–H groups in total. The Labute approximate surface area is 153 Å². The first-order valence-corrected chi connectivity index (χ1v) is 8.61. The predicted molar refractivity (Wildman–Crippen MR) is 98.4 cm³/mol. The van der Waals surface area contributed by atoms with Crippen molar-refractivity contribution in [3.05, 3.63) is 52.5 Å². The Kier molecular flexibility index (Phi) is 5.17. The van der Waals surface area contributed by atoms with Gasteiger partial charge >= 0.3 is 5.97 Å². The number of rotatable bonds is 4. The summed E-state index contributed by atoms with van der Waals surface area (Å²) in [5.74, 6) is 5.87. The lowest BCUT2D eigenvalue weighted by molar-refractivity contribution is -0.133. The van der Waals surface area contributed by atoms with E-state index in [-0.39, 0.29) is 5.75 Å². The number of halogens is 1. The van der Waals surface area contributed by atoms with Gasteiger partial charge in [0.25, 0.3) is 0 Å². The maximum atomic E-state index is 10.7. The topological polar surface area (TPSA) is 75.2 Å². The van der Waals surface area contributed by atoms with Gasteiger partial charge in [0.15, 0.2) is 5.16 Å². The molecule has 25 heavy (non-hydrogen) atoms. The number of aliphatic carboxylic acids is 1. The molecule has 2 aromatic carbocycles. The van der Waals surface area contributed by atoms with E-state index in [0.29, 0.717) is 21.3 Å². The molecule has 3 rings (SSSR count). The van der Waals surface area contributed by atoms with Crippen LogP contribution in [0.4, 0.5) is 0 Å². The van der Waals surface area contributed by atoms with Crippen molar-refractivity contribution in [2.45, 2.75) is 5.16 Å². The molecule has 0 bridgehead atoms. The van der Waals surface area contributed by atoms with Crippen molar-refractivity contribution in [1.82, 2.24) is 9.97 Å². The number of methoxy groups -OCH3 is 1. The van der Waals surface area contributed by atoms with Crippen LogP contribution in [0.3, 0.4) is 0 Å². The van der Waals surface area contributed by atoms with E-state index >= 15 is 0 Å². The molecule has 0 aliphatic rings. The molecule has 0 unspecified atom stereocenters. The lowest BCUT2D eigenvalue weighted by Crippen LogP contribution is -1.97. The van der Waals surface area contributed by atoms with Crippen LogP contribution in [-0.2, 0) is 4.79 Å². The number of thioether (sulfide) groups is 1. The average Bonchev–Trinajstić information content (AvgIpc) is 2.99. The zero-order valence-electron chi connectivity index (χ0n) is 13.2. The number of carboxylic acid groups (broad SMARTS) is 1. The zero-order chi connectivity index (χ0) is 17.8. The van der Waals surface area contributed by atoms with Gasteiger partial charge in [0.2, 0.25) is 0 Å². The van der Waals surface area contributed by atoms with Crippen LogP contribution in [0.2, 0.25) is 5.02 Å². The minimum atomic E-state index is -0.895. The lowest BCUT2D eigenvalue weighted by Gasteiger charge is -1.99. The molecule has 0 saturated heterocycles. The molecule has 0 aliphatic heterocycles. The Hall–Kier alpha value is -2.62. The second-order valence-corrected chi connectivity index (χ2v) is 6.43. The van der Waals surface area contributed by atoms with Gasteiger partial charge < -0.3 is 14.8 Å². The summed E-state index contributed by atoms with van der Waals surface area (Å²) in [5.41, 5.74) is 2.89. The summed E-state index contributed by atoms with van der Waals surface area (Å²) >= 11 is 7.41. The highest BCUT2D eigenvalue weighted by molar-refractivity contribution is 7.99. The number of nitrogens with zero attached hydrogens (tertiary/aromatic N) is 1. The van der Waals surface area contributed by atoms with E-state index in [9.17, 15) is 4.79 Å². The number of ether oxygens (including phenoxy) is 1. The van der Waals surface area contributed by atoms with E-state index in [1.807, 2.05) is 24.3 Å². The van der Waals surface area contributed by atoms with E-state index in [1.165, 1.54) is 0 Å². The van der Waals surface area contributed by atoms with Crippen LogP contribution in [0.1, 0.15) is 11.1 Å². The van der Waals surface area contributed by atoms with Crippen molar-refractivity contribution in [3.8, 4) is 17.6 Å². The predicted octanol–water partition coefficient (Wildman–Crippen LogP) is 3.80. The second kappa shape index (κ2) is 7.51. The molecule has 1 heterocycles. The van der Waals surface area contributed by atoms with E-state index < -0.39 is 5.97 Å². The van der Waals surface area contributed by atoms with Gasteiger partial charge in [-0.15, -0.1) is 0 Å². The van der Waals surface area contributed by atoms with E-state index in [2.05, 4.69) is 21.8 Å². The molecule has 1 aromatic heterocycles. The van der Waals surface area contributed by atoms with Gasteiger partial charge in [-0.2, -0.15) is 0 Å². The van der Waals surface area contributed by atoms with Crippen molar-refractivity contribution in [2.24, 2.45) is 0 Å².